The van der Waals surface area contributed by atoms with E-state index in [2.05, 4.69) is 4.98 Å². The summed E-state index contributed by atoms with van der Waals surface area (Å²) in [6.45, 7) is 5.53. The van der Waals surface area contributed by atoms with Crippen molar-refractivity contribution in [2.45, 2.75) is 26.9 Å². The molecule has 0 unspecified atom stereocenters. The number of hydrogen-bond acceptors (Lipinski definition) is 4. The topological polar surface area (TPSA) is 57.4 Å². The minimum atomic E-state index is 0.420. The minimum absolute atomic E-state index is 0.420. The van der Waals surface area contributed by atoms with E-state index in [0.717, 1.165) is 34.9 Å². The van der Waals surface area contributed by atoms with Crippen LogP contribution >= 0.6 is 0 Å². The summed E-state index contributed by atoms with van der Waals surface area (Å²) >= 11 is 0. The molecule has 0 aliphatic heterocycles. The van der Waals surface area contributed by atoms with E-state index in [-0.39, 0.29) is 0 Å². The molecule has 4 nitrogen and oxygen atoms in total. The highest BCUT2D eigenvalue weighted by Gasteiger charge is 2.11. The van der Waals surface area contributed by atoms with Gasteiger partial charge in [-0.15, -0.1) is 0 Å². The lowest BCUT2D eigenvalue weighted by Gasteiger charge is -2.15. The smallest absolute Gasteiger partial charge is 0.164 e. The predicted molar refractivity (Wildman–Crippen MR) is 83.7 cm³/mol. The van der Waals surface area contributed by atoms with Crippen LogP contribution in [0.3, 0.4) is 0 Å². The van der Waals surface area contributed by atoms with Crippen molar-refractivity contribution in [2.75, 3.05) is 13.2 Å². The third-order valence-corrected chi connectivity index (χ3v) is 3.08. The molecule has 0 atom stereocenters. The van der Waals surface area contributed by atoms with Crippen molar-refractivity contribution >= 4 is 0 Å². The van der Waals surface area contributed by atoms with E-state index in [1.54, 1.807) is 0 Å². The third-order valence-electron chi connectivity index (χ3n) is 3.08. The maximum absolute atomic E-state index is 5.97. The van der Waals surface area contributed by atoms with E-state index in [1.807, 2.05) is 50.2 Å². The molecular formula is C17H22N2O2. The molecule has 1 aromatic carbocycles. The number of benzene rings is 1. The molecule has 1 aromatic heterocycles. The van der Waals surface area contributed by atoms with Gasteiger partial charge in [-0.25, -0.2) is 0 Å². The van der Waals surface area contributed by atoms with Crippen molar-refractivity contribution in [1.82, 2.24) is 4.98 Å². The fourth-order valence-corrected chi connectivity index (χ4v) is 2.17. The highest BCUT2D eigenvalue weighted by molar-refractivity contribution is 5.47. The van der Waals surface area contributed by atoms with Crippen molar-refractivity contribution in [2.24, 2.45) is 5.73 Å². The first-order valence-electron chi connectivity index (χ1n) is 7.24. The number of hydrogen-bond donors (Lipinski definition) is 1. The SMILES string of the molecule is CCOc1cccc(CCN)c1OCc1cccc(C)n1. The molecule has 2 rings (SSSR count). The molecule has 0 bridgehead atoms. The zero-order valence-electron chi connectivity index (χ0n) is 12.6. The Morgan fingerprint density at radius 1 is 1.10 bits per heavy atom. The number of nitrogens with two attached hydrogens (primary N) is 1. The van der Waals surface area contributed by atoms with Crippen LogP contribution in [0.1, 0.15) is 23.9 Å². The molecule has 0 aliphatic rings. The summed E-state index contributed by atoms with van der Waals surface area (Å²) in [7, 11) is 0. The fourth-order valence-electron chi connectivity index (χ4n) is 2.17. The Kier molecular flexibility index (Phi) is 5.58. The van der Waals surface area contributed by atoms with Crippen molar-refractivity contribution in [3.8, 4) is 11.5 Å². The summed E-state index contributed by atoms with van der Waals surface area (Å²) in [5.41, 5.74) is 8.62. The van der Waals surface area contributed by atoms with Crippen LogP contribution in [-0.2, 0) is 13.0 Å². The molecule has 4 heteroatoms. The number of para-hydroxylation sites is 1. The van der Waals surface area contributed by atoms with Crippen molar-refractivity contribution in [3.05, 3.63) is 53.3 Å². The Morgan fingerprint density at radius 3 is 2.62 bits per heavy atom. The van der Waals surface area contributed by atoms with E-state index in [9.17, 15) is 0 Å². The molecule has 21 heavy (non-hydrogen) atoms. The first-order chi connectivity index (χ1) is 10.2. The van der Waals surface area contributed by atoms with Gasteiger partial charge in [0.1, 0.15) is 6.61 Å². The minimum Gasteiger partial charge on any atom is -0.490 e. The van der Waals surface area contributed by atoms with E-state index in [0.29, 0.717) is 19.8 Å². The Labute approximate surface area is 125 Å². The first-order valence-corrected chi connectivity index (χ1v) is 7.24. The standard InChI is InChI=1S/C17H22N2O2/c1-3-20-16-9-5-7-14(10-11-18)17(16)21-12-15-8-4-6-13(2)19-15/h4-9H,3,10-12,18H2,1-2H3. The van der Waals surface area contributed by atoms with Gasteiger partial charge in [0, 0.05) is 5.69 Å². The molecule has 0 spiro atoms. The van der Waals surface area contributed by atoms with Crippen LogP contribution in [0.25, 0.3) is 0 Å². The quantitative estimate of drug-likeness (QED) is 0.850. The Balaban J connectivity index is 2.20. The number of aryl methyl sites for hydroxylation is 1. The summed E-state index contributed by atoms with van der Waals surface area (Å²) in [5, 5.41) is 0. The third kappa shape index (κ3) is 4.20. The highest BCUT2D eigenvalue weighted by atomic mass is 16.5. The van der Waals surface area contributed by atoms with Gasteiger partial charge in [0.2, 0.25) is 0 Å². The lowest BCUT2D eigenvalue weighted by atomic mass is 10.1. The monoisotopic (exact) mass is 286 g/mol. The predicted octanol–water partition coefficient (Wildman–Crippen LogP) is 2.87. The van der Waals surface area contributed by atoms with Gasteiger partial charge in [-0.2, -0.15) is 0 Å². The number of pyridine rings is 1. The van der Waals surface area contributed by atoms with Gasteiger partial charge in [-0.05, 0) is 50.6 Å². The summed E-state index contributed by atoms with van der Waals surface area (Å²) < 4.78 is 11.6. The van der Waals surface area contributed by atoms with Crippen LogP contribution in [0.5, 0.6) is 11.5 Å². The van der Waals surface area contributed by atoms with Gasteiger partial charge in [0.15, 0.2) is 11.5 Å². The number of aromatic nitrogens is 1. The second-order valence-corrected chi connectivity index (χ2v) is 4.78. The lowest BCUT2D eigenvalue weighted by Crippen LogP contribution is -2.08. The van der Waals surface area contributed by atoms with Gasteiger partial charge < -0.3 is 15.2 Å². The average molecular weight is 286 g/mol. The molecule has 2 aromatic rings. The summed E-state index contributed by atoms with van der Waals surface area (Å²) in [4.78, 5) is 4.45. The van der Waals surface area contributed by atoms with Crippen LogP contribution in [0, 0.1) is 6.92 Å². The molecule has 2 N–H and O–H groups in total. The highest BCUT2D eigenvalue weighted by Crippen LogP contribution is 2.32. The summed E-state index contributed by atoms with van der Waals surface area (Å²) in [6.07, 6.45) is 0.761. The number of ether oxygens (including phenoxy) is 2. The molecule has 0 radical (unpaired) electrons. The van der Waals surface area contributed by atoms with Crippen LogP contribution in [0.4, 0.5) is 0 Å². The zero-order chi connectivity index (χ0) is 15.1. The lowest BCUT2D eigenvalue weighted by molar-refractivity contribution is 0.264. The van der Waals surface area contributed by atoms with Gasteiger partial charge in [-0.1, -0.05) is 18.2 Å². The summed E-state index contributed by atoms with van der Waals surface area (Å²) in [5.74, 6) is 1.53. The van der Waals surface area contributed by atoms with E-state index >= 15 is 0 Å². The van der Waals surface area contributed by atoms with Crippen molar-refractivity contribution in [3.63, 3.8) is 0 Å². The molecule has 0 saturated heterocycles. The van der Waals surface area contributed by atoms with Gasteiger partial charge in [0.05, 0.1) is 12.3 Å². The second-order valence-electron chi connectivity index (χ2n) is 4.78. The fraction of sp³-hybridized carbons (Fsp3) is 0.353. The zero-order valence-corrected chi connectivity index (χ0v) is 12.6. The first kappa shape index (κ1) is 15.3. The van der Waals surface area contributed by atoms with Crippen LogP contribution in [-0.4, -0.2) is 18.1 Å². The Hall–Kier alpha value is -2.07. The molecule has 112 valence electrons. The average Bonchev–Trinajstić information content (AvgIpc) is 2.47. The summed E-state index contributed by atoms with van der Waals surface area (Å²) in [6, 6.07) is 11.8. The molecule has 0 amide bonds. The van der Waals surface area contributed by atoms with Gasteiger partial charge >= 0.3 is 0 Å². The van der Waals surface area contributed by atoms with Gasteiger partial charge in [-0.3, -0.25) is 4.98 Å². The normalized spacial score (nSPS) is 10.4. The van der Waals surface area contributed by atoms with Crippen molar-refractivity contribution in [1.29, 1.82) is 0 Å². The molecule has 0 aliphatic carbocycles. The number of rotatable bonds is 7. The van der Waals surface area contributed by atoms with Crippen LogP contribution < -0.4 is 15.2 Å². The second kappa shape index (κ2) is 7.64. The number of nitrogens with zero attached hydrogens (tertiary/aromatic N) is 1. The van der Waals surface area contributed by atoms with Gasteiger partial charge in [0.25, 0.3) is 0 Å². The van der Waals surface area contributed by atoms with E-state index in [4.69, 9.17) is 15.2 Å². The van der Waals surface area contributed by atoms with Crippen LogP contribution in [0.2, 0.25) is 0 Å². The maximum Gasteiger partial charge on any atom is 0.164 e. The van der Waals surface area contributed by atoms with Crippen molar-refractivity contribution < 1.29 is 9.47 Å². The molecule has 0 saturated carbocycles. The molecular weight excluding hydrogens is 264 g/mol. The molecule has 1 heterocycles. The van der Waals surface area contributed by atoms with E-state index < -0.39 is 0 Å². The van der Waals surface area contributed by atoms with Crippen LogP contribution in [0.15, 0.2) is 36.4 Å². The molecule has 0 fully saturated rings. The largest absolute Gasteiger partial charge is 0.490 e. The Morgan fingerprint density at radius 2 is 1.90 bits per heavy atom. The van der Waals surface area contributed by atoms with E-state index in [1.165, 1.54) is 0 Å². The Bertz CT molecular complexity index is 561. The maximum atomic E-state index is 5.97.